The summed E-state index contributed by atoms with van der Waals surface area (Å²) >= 11 is 3.32. The van der Waals surface area contributed by atoms with Crippen molar-refractivity contribution in [3.05, 3.63) is 63.6 Å². The Morgan fingerprint density at radius 3 is 2.56 bits per heavy atom. The summed E-state index contributed by atoms with van der Waals surface area (Å²) in [4.78, 5) is 38.8. The highest BCUT2D eigenvalue weighted by Gasteiger charge is 2.38. The molecule has 1 unspecified atom stereocenters. The molecule has 7 heteroatoms. The first-order valence-electron chi connectivity index (χ1n) is 8.62. The third kappa shape index (κ3) is 3.52. The van der Waals surface area contributed by atoms with Crippen molar-refractivity contribution in [1.82, 2.24) is 4.90 Å². The quantitative estimate of drug-likeness (QED) is 0.422. The number of carbonyl (C=O) groups excluding carboxylic acids is 3. The number of hydrogen-bond acceptors (Lipinski definition) is 5. The Kier molecular flexibility index (Phi) is 4.80. The van der Waals surface area contributed by atoms with E-state index in [9.17, 15) is 14.4 Å². The fourth-order valence-corrected chi connectivity index (χ4v) is 3.51. The second kappa shape index (κ2) is 7.25. The largest absolute Gasteiger partial charge is 0.423 e. The normalized spacial score (nSPS) is 18.7. The van der Waals surface area contributed by atoms with Crippen LogP contribution in [0.25, 0.3) is 0 Å². The number of fused-ring (bicyclic) bond motifs is 1. The molecule has 4 rings (SSSR count). The number of halogens is 1. The maximum Gasteiger partial charge on any atom is 0.343 e. The third-order valence-corrected chi connectivity index (χ3v) is 5.17. The number of ether oxygens (including phenoxy) is 2. The molecule has 138 valence electrons. The van der Waals surface area contributed by atoms with Crippen molar-refractivity contribution < 1.29 is 23.9 Å². The van der Waals surface area contributed by atoms with Gasteiger partial charge in [0.05, 0.1) is 29.3 Å². The summed E-state index contributed by atoms with van der Waals surface area (Å²) in [6.07, 6.45) is 1.65. The lowest BCUT2D eigenvalue weighted by molar-refractivity contribution is 0.0475. The van der Waals surface area contributed by atoms with Crippen molar-refractivity contribution >= 4 is 33.7 Å². The highest BCUT2D eigenvalue weighted by Crippen LogP contribution is 2.26. The van der Waals surface area contributed by atoms with Crippen LogP contribution < -0.4 is 4.74 Å². The van der Waals surface area contributed by atoms with Gasteiger partial charge in [0.1, 0.15) is 5.75 Å². The van der Waals surface area contributed by atoms with Gasteiger partial charge in [0.2, 0.25) is 0 Å². The van der Waals surface area contributed by atoms with E-state index in [1.807, 2.05) is 0 Å². The molecule has 2 aromatic carbocycles. The van der Waals surface area contributed by atoms with Crippen LogP contribution in [0.5, 0.6) is 5.75 Å². The highest BCUT2D eigenvalue weighted by atomic mass is 79.9. The van der Waals surface area contributed by atoms with E-state index in [4.69, 9.17) is 9.47 Å². The molecule has 1 atom stereocenters. The molecule has 6 nitrogen and oxygen atoms in total. The van der Waals surface area contributed by atoms with Gasteiger partial charge >= 0.3 is 5.97 Å². The van der Waals surface area contributed by atoms with Crippen molar-refractivity contribution in [2.75, 3.05) is 13.2 Å². The minimum absolute atomic E-state index is 0.117. The van der Waals surface area contributed by atoms with Crippen molar-refractivity contribution in [2.45, 2.75) is 18.9 Å². The average molecular weight is 430 g/mol. The van der Waals surface area contributed by atoms with E-state index in [2.05, 4.69) is 15.9 Å². The van der Waals surface area contributed by atoms with Gasteiger partial charge in [0, 0.05) is 11.1 Å². The van der Waals surface area contributed by atoms with Crippen LogP contribution in [0.2, 0.25) is 0 Å². The van der Waals surface area contributed by atoms with Crippen molar-refractivity contribution in [3.8, 4) is 5.75 Å². The standard InChI is InChI=1S/C20H16BrNO5/c21-13-4-6-14(7-5-13)27-20(25)12-3-8-16-17(10-12)19(24)22(18(16)23)11-15-2-1-9-26-15/h3-8,10,15H,1-2,9,11H2. The molecule has 2 aliphatic heterocycles. The van der Waals surface area contributed by atoms with Gasteiger partial charge in [-0.05, 0) is 55.3 Å². The summed E-state index contributed by atoms with van der Waals surface area (Å²) < 4.78 is 11.7. The lowest BCUT2D eigenvalue weighted by atomic mass is 10.1. The van der Waals surface area contributed by atoms with Gasteiger partial charge in [-0.15, -0.1) is 0 Å². The van der Waals surface area contributed by atoms with E-state index in [0.717, 1.165) is 17.3 Å². The Morgan fingerprint density at radius 1 is 1.11 bits per heavy atom. The number of amides is 2. The molecule has 2 amide bonds. The number of nitrogens with zero attached hydrogens (tertiary/aromatic N) is 1. The van der Waals surface area contributed by atoms with Crippen LogP contribution >= 0.6 is 15.9 Å². The minimum Gasteiger partial charge on any atom is -0.423 e. The monoisotopic (exact) mass is 429 g/mol. The first-order valence-corrected chi connectivity index (χ1v) is 9.42. The fraction of sp³-hybridized carbons (Fsp3) is 0.250. The molecule has 2 aliphatic rings. The molecule has 0 saturated carbocycles. The molecule has 0 aliphatic carbocycles. The molecule has 1 fully saturated rings. The van der Waals surface area contributed by atoms with Crippen molar-refractivity contribution in [3.63, 3.8) is 0 Å². The van der Waals surface area contributed by atoms with E-state index >= 15 is 0 Å². The summed E-state index contributed by atoms with van der Waals surface area (Å²) in [5.74, 6) is -0.939. The first kappa shape index (κ1) is 17.9. The number of rotatable bonds is 4. The Balaban J connectivity index is 1.53. The van der Waals surface area contributed by atoms with Gasteiger partial charge in [-0.1, -0.05) is 15.9 Å². The van der Waals surface area contributed by atoms with E-state index in [1.165, 1.54) is 23.1 Å². The smallest absolute Gasteiger partial charge is 0.343 e. The number of imide groups is 1. The summed E-state index contributed by atoms with van der Waals surface area (Å²) in [6, 6.07) is 11.3. The number of esters is 1. The molecule has 27 heavy (non-hydrogen) atoms. The summed E-state index contributed by atoms with van der Waals surface area (Å²) in [6.45, 7) is 0.894. The summed E-state index contributed by atoms with van der Waals surface area (Å²) in [5, 5.41) is 0. The zero-order valence-electron chi connectivity index (χ0n) is 14.3. The van der Waals surface area contributed by atoms with Crippen LogP contribution in [0.1, 0.15) is 43.9 Å². The predicted octanol–water partition coefficient (Wildman–Crippen LogP) is 3.44. The van der Waals surface area contributed by atoms with Crippen LogP contribution in [0.15, 0.2) is 46.9 Å². The Labute approximate surface area is 164 Å². The predicted molar refractivity (Wildman–Crippen MR) is 99.9 cm³/mol. The minimum atomic E-state index is -0.585. The fourth-order valence-electron chi connectivity index (χ4n) is 3.24. The molecule has 1 saturated heterocycles. The molecule has 0 N–H and O–H groups in total. The number of carbonyl (C=O) groups is 3. The van der Waals surface area contributed by atoms with Gasteiger partial charge in [0.15, 0.2) is 0 Å². The lowest BCUT2D eigenvalue weighted by Crippen LogP contribution is -2.36. The SMILES string of the molecule is O=C(Oc1ccc(Br)cc1)c1ccc2c(c1)C(=O)N(CC1CCCO1)C2=O. The van der Waals surface area contributed by atoms with Crippen LogP contribution in [0, 0.1) is 0 Å². The van der Waals surface area contributed by atoms with Gasteiger partial charge in [-0.2, -0.15) is 0 Å². The average Bonchev–Trinajstić information content (AvgIpc) is 3.26. The Morgan fingerprint density at radius 2 is 1.85 bits per heavy atom. The van der Waals surface area contributed by atoms with E-state index in [0.29, 0.717) is 17.9 Å². The van der Waals surface area contributed by atoms with Crippen molar-refractivity contribution in [2.24, 2.45) is 0 Å². The van der Waals surface area contributed by atoms with Gasteiger partial charge < -0.3 is 9.47 Å². The number of benzene rings is 2. The molecule has 2 aromatic rings. The molecule has 0 aromatic heterocycles. The second-order valence-electron chi connectivity index (χ2n) is 6.46. The molecule has 0 bridgehead atoms. The topological polar surface area (TPSA) is 72.9 Å². The van der Waals surface area contributed by atoms with Gasteiger partial charge in [-0.3, -0.25) is 14.5 Å². The molecular formula is C20H16BrNO5. The zero-order chi connectivity index (χ0) is 19.0. The molecule has 2 heterocycles. The summed E-state index contributed by atoms with van der Waals surface area (Å²) in [5.41, 5.74) is 0.748. The van der Waals surface area contributed by atoms with Crippen molar-refractivity contribution in [1.29, 1.82) is 0 Å². The van der Waals surface area contributed by atoms with Crippen LogP contribution in [0.4, 0.5) is 0 Å². The van der Waals surface area contributed by atoms with Gasteiger partial charge in [-0.25, -0.2) is 4.79 Å². The first-order chi connectivity index (χ1) is 13.0. The lowest BCUT2D eigenvalue weighted by Gasteiger charge is -2.17. The maximum absolute atomic E-state index is 12.7. The van der Waals surface area contributed by atoms with E-state index in [-0.39, 0.29) is 29.7 Å². The highest BCUT2D eigenvalue weighted by molar-refractivity contribution is 9.10. The summed E-state index contributed by atoms with van der Waals surface area (Å²) in [7, 11) is 0. The Bertz CT molecular complexity index is 918. The van der Waals surface area contributed by atoms with Crippen LogP contribution in [-0.4, -0.2) is 41.9 Å². The molecule has 0 spiro atoms. The number of hydrogen-bond donors (Lipinski definition) is 0. The van der Waals surface area contributed by atoms with E-state index in [1.54, 1.807) is 24.3 Å². The molecular weight excluding hydrogens is 414 g/mol. The molecule has 0 radical (unpaired) electrons. The van der Waals surface area contributed by atoms with Crippen LogP contribution in [0.3, 0.4) is 0 Å². The zero-order valence-corrected chi connectivity index (χ0v) is 15.9. The Hall–Kier alpha value is -2.51. The van der Waals surface area contributed by atoms with Crippen LogP contribution in [-0.2, 0) is 4.74 Å². The maximum atomic E-state index is 12.7. The van der Waals surface area contributed by atoms with Gasteiger partial charge in [0.25, 0.3) is 11.8 Å². The third-order valence-electron chi connectivity index (χ3n) is 4.64. The second-order valence-corrected chi connectivity index (χ2v) is 7.38. The van der Waals surface area contributed by atoms with E-state index < -0.39 is 11.9 Å².